The van der Waals surface area contributed by atoms with E-state index < -0.39 is 15.9 Å². The van der Waals surface area contributed by atoms with Crippen molar-refractivity contribution in [1.82, 2.24) is 5.32 Å². The van der Waals surface area contributed by atoms with Gasteiger partial charge in [0.1, 0.15) is 19.8 Å². The van der Waals surface area contributed by atoms with Gasteiger partial charge in [-0.1, -0.05) is 43.3 Å². The van der Waals surface area contributed by atoms with E-state index in [1.54, 1.807) is 30.3 Å². The molecule has 1 amide bonds. The summed E-state index contributed by atoms with van der Waals surface area (Å²) in [7, 11) is -3.95. The Hall–Kier alpha value is -3.52. The second-order valence-electron chi connectivity index (χ2n) is 8.04. The minimum Gasteiger partial charge on any atom is -0.486 e. The number of benzene rings is 3. The first-order valence-corrected chi connectivity index (χ1v) is 12.7. The highest BCUT2D eigenvalue weighted by atomic mass is 32.2. The smallest absolute Gasteiger partial charge is 0.264 e. The van der Waals surface area contributed by atoms with Crippen molar-refractivity contribution in [2.24, 2.45) is 0 Å². The highest BCUT2D eigenvalue weighted by molar-refractivity contribution is 7.92. The fraction of sp³-hybridized carbons (Fsp3) is 0.269. The van der Waals surface area contributed by atoms with E-state index in [1.807, 2.05) is 44.2 Å². The highest BCUT2D eigenvalue weighted by Gasteiger charge is 2.27. The number of nitrogens with zero attached hydrogens (tertiary/aromatic N) is 1. The van der Waals surface area contributed by atoms with Gasteiger partial charge in [0.25, 0.3) is 10.0 Å². The maximum atomic E-state index is 13.5. The van der Waals surface area contributed by atoms with E-state index in [9.17, 15) is 13.2 Å². The number of fused-ring (bicyclic) bond motifs is 1. The third-order valence-corrected chi connectivity index (χ3v) is 7.48. The molecule has 0 spiro atoms. The van der Waals surface area contributed by atoms with Gasteiger partial charge in [-0.25, -0.2) is 8.42 Å². The summed E-state index contributed by atoms with van der Waals surface area (Å²) in [6.45, 7) is 4.50. The van der Waals surface area contributed by atoms with Gasteiger partial charge in [-0.15, -0.1) is 0 Å². The number of hydrogen-bond donors (Lipinski definition) is 1. The molecule has 178 valence electrons. The molecule has 3 aromatic rings. The summed E-state index contributed by atoms with van der Waals surface area (Å²) < 4.78 is 39.2. The molecule has 1 atom stereocenters. The van der Waals surface area contributed by atoms with Crippen molar-refractivity contribution in [2.45, 2.75) is 31.2 Å². The molecule has 4 rings (SSSR count). The van der Waals surface area contributed by atoms with Crippen molar-refractivity contribution < 1.29 is 22.7 Å². The van der Waals surface area contributed by atoms with Crippen LogP contribution in [0, 0.1) is 0 Å². The number of carbonyl (C=O) groups excluding carboxylic acids is 1. The fourth-order valence-corrected chi connectivity index (χ4v) is 5.20. The number of carbonyl (C=O) groups is 1. The Morgan fingerprint density at radius 1 is 0.971 bits per heavy atom. The van der Waals surface area contributed by atoms with Crippen molar-refractivity contribution in [3.05, 3.63) is 83.9 Å². The molecule has 0 saturated heterocycles. The zero-order valence-corrected chi connectivity index (χ0v) is 20.0. The van der Waals surface area contributed by atoms with Crippen LogP contribution in [-0.2, 0) is 21.2 Å². The molecule has 1 aliphatic heterocycles. The number of amides is 1. The third-order valence-electron chi connectivity index (χ3n) is 5.69. The van der Waals surface area contributed by atoms with Crippen LogP contribution in [0.25, 0.3) is 0 Å². The van der Waals surface area contributed by atoms with Crippen LogP contribution in [0.3, 0.4) is 0 Å². The zero-order chi connectivity index (χ0) is 24.1. The summed E-state index contributed by atoms with van der Waals surface area (Å²) in [6, 6.07) is 20.5. The highest BCUT2D eigenvalue weighted by Crippen LogP contribution is 2.32. The van der Waals surface area contributed by atoms with Crippen LogP contribution < -0.4 is 19.1 Å². The summed E-state index contributed by atoms with van der Waals surface area (Å²) in [5, 5.41) is 2.91. The second kappa shape index (κ2) is 10.2. The number of nitrogens with one attached hydrogen (secondary N) is 1. The lowest BCUT2D eigenvalue weighted by molar-refractivity contribution is -0.120. The summed E-state index contributed by atoms with van der Waals surface area (Å²) in [6.07, 6.45) is 0.833. The van der Waals surface area contributed by atoms with Crippen molar-refractivity contribution in [2.75, 3.05) is 24.1 Å². The van der Waals surface area contributed by atoms with Gasteiger partial charge in [0.2, 0.25) is 5.91 Å². The van der Waals surface area contributed by atoms with Gasteiger partial charge >= 0.3 is 0 Å². The van der Waals surface area contributed by atoms with Crippen LogP contribution in [0.2, 0.25) is 0 Å². The van der Waals surface area contributed by atoms with Gasteiger partial charge in [-0.05, 0) is 60.9 Å². The zero-order valence-electron chi connectivity index (χ0n) is 19.2. The Labute approximate surface area is 200 Å². The Balaban J connectivity index is 1.56. The second-order valence-corrected chi connectivity index (χ2v) is 9.90. The van der Waals surface area contributed by atoms with E-state index in [1.165, 1.54) is 12.1 Å². The molecule has 1 heterocycles. The molecular formula is C26H28N2O5S. The summed E-state index contributed by atoms with van der Waals surface area (Å²) in [5.41, 5.74) is 2.35. The molecule has 0 aromatic heterocycles. The van der Waals surface area contributed by atoms with Gasteiger partial charge in [0.05, 0.1) is 16.6 Å². The van der Waals surface area contributed by atoms with Crippen molar-refractivity contribution in [3.8, 4) is 11.5 Å². The average molecular weight is 481 g/mol. The summed E-state index contributed by atoms with van der Waals surface area (Å²) in [4.78, 5) is 13.2. The maximum Gasteiger partial charge on any atom is 0.264 e. The van der Waals surface area contributed by atoms with Gasteiger partial charge in [-0.3, -0.25) is 9.10 Å². The molecule has 34 heavy (non-hydrogen) atoms. The van der Waals surface area contributed by atoms with Gasteiger partial charge in [0.15, 0.2) is 11.5 Å². The Bertz CT molecular complexity index is 1240. The van der Waals surface area contributed by atoms with E-state index in [4.69, 9.17) is 9.47 Å². The number of hydrogen-bond acceptors (Lipinski definition) is 5. The first-order chi connectivity index (χ1) is 16.4. The standard InChI is InChI=1S/C26H28N2O5S/c1-3-20-9-12-22(13-10-20)28(34(30,31)23-7-5-4-6-8-23)18-26(29)27-19(2)21-11-14-24-25(17-21)33-16-15-32-24/h4-14,17,19H,3,15-16,18H2,1-2H3,(H,27,29)/t19-/m0/s1. The minimum absolute atomic E-state index is 0.127. The van der Waals surface area contributed by atoms with Gasteiger partial charge < -0.3 is 14.8 Å². The van der Waals surface area contributed by atoms with E-state index in [0.717, 1.165) is 21.9 Å². The van der Waals surface area contributed by atoms with Crippen LogP contribution in [0.1, 0.15) is 31.0 Å². The predicted molar refractivity (Wildman–Crippen MR) is 131 cm³/mol. The summed E-state index contributed by atoms with van der Waals surface area (Å²) >= 11 is 0. The Morgan fingerprint density at radius 2 is 1.65 bits per heavy atom. The Kier molecular flexibility index (Phi) is 7.07. The lowest BCUT2D eigenvalue weighted by Gasteiger charge is -2.25. The lowest BCUT2D eigenvalue weighted by atomic mass is 10.1. The lowest BCUT2D eigenvalue weighted by Crippen LogP contribution is -2.41. The third kappa shape index (κ3) is 5.17. The van der Waals surface area contributed by atoms with E-state index in [0.29, 0.717) is 30.4 Å². The largest absolute Gasteiger partial charge is 0.486 e. The van der Waals surface area contributed by atoms with Gasteiger partial charge in [-0.2, -0.15) is 0 Å². The molecule has 0 fully saturated rings. The topological polar surface area (TPSA) is 84.9 Å². The quantitative estimate of drug-likeness (QED) is 0.525. The number of aryl methyl sites for hydroxylation is 1. The molecule has 1 aliphatic rings. The normalized spacial score (nSPS) is 13.7. The predicted octanol–water partition coefficient (Wildman–Crippen LogP) is 4.09. The monoisotopic (exact) mass is 480 g/mol. The molecule has 0 aliphatic carbocycles. The van der Waals surface area contributed by atoms with E-state index >= 15 is 0 Å². The molecule has 3 aromatic carbocycles. The molecule has 1 N–H and O–H groups in total. The van der Waals surface area contributed by atoms with Crippen LogP contribution in [-0.4, -0.2) is 34.1 Å². The number of anilines is 1. The SMILES string of the molecule is CCc1ccc(N(CC(=O)N[C@@H](C)c2ccc3c(c2)OCCO3)S(=O)(=O)c2ccccc2)cc1. The van der Waals surface area contributed by atoms with Gasteiger partial charge in [0, 0.05) is 0 Å². The Morgan fingerprint density at radius 3 is 2.32 bits per heavy atom. The van der Waals surface area contributed by atoms with Crippen LogP contribution >= 0.6 is 0 Å². The van der Waals surface area contributed by atoms with Crippen molar-refractivity contribution in [3.63, 3.8) is 0 Å². The van der Waals surface area contributed by atoms with E-state index in [2.05, 4.69) is 5.32 Å². The molecule has 8 heteroatoms. The minimum atomic E-state index is -3.95. The maximum absolute atomic E-state index is 13.5. The van der Waals surface area contributed by atoms with Crippen molar-refractivity contribution >= 4 is 21.6 Å². The molecule has 0 radical (unpaired) electrons. The molecule has 0 saturated carbocycles. The van der Waals surface area contributed by atoms with E-state index in [-0.39, 0.29) is 17.5 Å². The fourth-order valence-electron chi connectivity index (χ4n) is 3.76. The van der Waals surface area contributed by atoms with Crippen LogP contribution in [0.4, 0.5) is 5.69 Å². The van der Waals surface area contributed by atoms with Crippen molar-refractivity contribution in [1.29, 1.82) is 0 Å². The van der Waals surface area contributed by atoms with Crippen LogP contribution in [0.5, 0.6) is 11.5 Å². The number of sulfonamides is 1. The molecule has 0 unspecified atom stereocenters. The molecule has 0 bridgehead atoms. The average Bonchev–Trinajstić information content (AvgIpc) is 2.87. The molecular weight excluding hydrogens is 452 g/mol. The molecule has 7 nitrogen and oxygen atoms in total. The first-order valence-electron chi connectivity index (χ1n) is 11.2. The number of ether oxygens (including phenoxy) is 2. The van der Waals surface area contributed by atoms with Crippen LogP contribution in [0.15, 0.2) is 77.7 Å². The number of rotatable bonds is 8. The summed E-state index contributed by atoms with van der Waals surface area (Å²) in [5.74, 6) is 0.889. The first kappa shape index (κ1) is 23.6.